The summed E-state index contributed by atoms with van der Waals surface area (Å²) in [5.74, 6) is -1.00. The Morgan fingerprint density at radius 3 is 2.39 bits per heavy atom. The van der Waals surface area contributed by atoms with Crippen molar-refractivity contribution in [2.75, 3.05) is 22.3 Å². The Morgan fingerprint density at radius 2 is 1.71 bits per heavy atom. The molecule has 1 aliphatic heterocycles. The number of rotatable bonds is 6. The van der Waals surface area contributed by atoms with Crippen LogP contribution in [0.3, 0.4) is 0 Å². The van der Waals surface area contributed by atoms with Crippen molar-refractivity contribution in [3.8, 4) is 0 Å². The van der Waals surface area contributed by atoms with Gasteiger partial charge in [0.05, 0.1) is 0 Å². The van der Waals surface area contributed by atoms with E-state index < -0.39 is 5.97 Å². The van der Waals surface area contributed by atoms with Crippen LogP contribution in [0, 0.1) is 0 Å². The Labute approximate surface area is 194 Å². The standard InChI is InChI=1S/C23H18Cl2N2O3S/c24-17-11-18(25)13-20(12-17)31-27(14-22(28)29)19-6-7-21-16(10-19)8-9-26(21)23(30)15-4-2-1-3-5-15/h1-7,10-13H,8-9,14H2,(H,28,29). The molecule has 4 rings (SSSR count). The molecule has 0 aromatic heterocycles. The van der Waals surface area contributed by atoms with Gasteiger partial charge in [0.1, 0.15) is 6.54 Å². The zero-order valence-electron chi connectivity index (χ0n) is 16.3. The van der Waals surface area contributed by atoms with Crippen molar-refractivity contribution >= 4 is 58.4 Å². The number of carbonyl (C=O) groups excluding carboxylic acids is 1. The third-order valence-corrected chi connectivity index (χ3v) is 6.29. The zero-order chi connectivity index (χ0) is 22.0. The van der Waals surface area contributed by atoms with E-state index in [-0.39, 0.29) is 12.5 Å². The number of carboxylic acids is 1. The van der Waals surface area contributed by atoms with Gasteiger partial charge >= 0.3 is 5.97 Å². The number of nitrogens with zero attached hydrogens (tertiary/aromatic N) is 2. The van der Waals surface area contributed by atoms with Crippen LogP contribution in [0.15, 0.2) is 71.6 Å². The molecule has 1 amide bonds. The number of amides is 1. The third kappa shape index (κ3) is 4.98. The lowest BCUT2D eigenvalue weighted by Crippen LogP contribution is -2.28. The van der Waals surface area contributed by atoms with Crippen LogP contribution in [0.2, 0.25) is 10.0 Å². The number of carbonyl (C=O) groups is 2. The Kier molecular flexibility index (Phi) is 6.41. The second-order valence-corrected chi connectivity index (χ2v) is 8.98. The summed E-state index contributed by atoms with van der Waals surface area (Å²) >= 11 is 13.4. The first kappa shape index (κ1) is 21.6. The van der Waals surface area contributed by atoms with Gasteiger partial charge in [0.25, 0.3) is 5.91 Å². The van der Waals surface area contributed by atoms with Gasteiger partial charge in [-0.25, -0.2) is 0 Å². The SMILES string of the molecule is O=C(O)CN(Sc1cc(Cl)cc(Cl)c1)c1ccc2c(c1)CCN2C(=O)c1ccccc1. The van der Waals surface area contributed by atoms with Crippen molar-refractivity contribution in [2.24, 2.45) is 0 Å². The quantitative estimate of drug-likeness (QED) is 0.459. The molecule has 0 aliphatic carbocycles. The summed E-state index contributed by atoms with van der Waals surface area (Å²) in [6, 6.07) is 19.9. The Morgan fingerprint density at radius 1 is 1.00 bits per heavy atom. The normalized spacial score (nSPS) is 12.5. The molecule has 0 spiro atoms. The van der Waals surface area contributed by atoms with Crippen LogP contribution >= 0.6 is 35.1 Å². The number of hydrogen-bond donors (Lipinski definition) is 1. The molecule has 0 radical (unpaired) electrons. The largest absolute Gasteiger partial charge is 0.480 e. The first-order valence-corrected chi connectivity index (χ1v) is 11.1. The van der Waals surface area contributed by atoms with E-state index in [1.807, 2.05) is 36.4 Å². The number of fused-ring (bicyclic) bond motifs is 1. The molecule has 1 N–H and O–H groups in total. The first-order valence-electron chi connectivity index (χ1n) is 9.54. The van der Waals surface area contributed by atoms with Gasteiger partial charge in [-0.05, 0) is 72.5 Å². The molecule has 0 fully saturated rings. The highest BCUT2D eigenvalue weighted by Gasteiger charge is 2.26. The molecule has 3 aromatic carbocycles. The van der Waals surface area contributed by atoms with Gasteiger partial charge in [-0.15, -0.1) is 0 Å². The fraction of sp³-hybridized carbons (Fsp3) is 0.130. The second kappa shape index (κ2) is 9.22. The van der Waals surface area contributed by atoms with Gasteiger partial charge < -0.3 is 14.3 Å². The lowest BCUT2D eigenvalue weighted by Gasteiger charge is -2.23. The topological polar surface area (TPSA) is 60.9 Å². The summed E-state index contributed by atoms with van der Waals surface area (Å²) in [5.41, 5.74) is 3.22. The Balaban J connectivity index is 1.61. The summed E-state index contributed by atoms with van der Waals surface area (Å²) in [6.45, 7) is 0.378. The monoisotopic (exact) mass is 472 g/mol. The summed E-state index contributed by atoms with van der Waals surface area (Å²) in [5, 5.41) is 10.4. The average Bonchev–Trinajstić information content (AvgIpc) is 3.15. The Hall–Kier alpha value is -2.67. The summed E-state index contributed by atoms with van der Waals surface area (Å²) in [7, 11) is 0. The molecular weight excluding hydrogens is 455 g/mol. The first-order chi connectivity index (χ1) is 14.9. The van der Waals surface area contributed by atoms with Crippen LogP contribution in [0.25, 0.3) is 0 Å². The minimum atomic E-state index is -0.956. The van der Waals surface area contributed by atoms with Crippen LogP contribution in [0.4, 0.5) is 11.4 Å². The predicted octanol–water partition coefficient (Wildman–Crippen LogP) is 5.79. The number of anilines is 2. The molecule has 3 aromatic rings. The van der Waals surface area contributed by atoms with E-state index in [0.717, 1.165) is 21.8 Å². The molecule has 5 nitrogen and oxygen atoms in total. The van der Waals surface area contributed by atoms with Crippen molar-refractivity contribution in [3.63, 3.8) is 0 Å². The van der Waals surface area contributed by atoms with Gasteiger partial charge in [0, 0.05) is 38.4 Å². The number of carboxylic acid groups (broad SMARTS) is 1. The van der Waals surface area contributed by atoms with Crippen molar-refractivity contribution < 1.29 is 14.7 Å². The molecule has 0 unspecified atom stereocenters. The van der Waals surface area contributed by atoms with Crippen LogP contribution < -0.4 is 9.21 Å². The number of aliphatic carboxylic acids is 1. The van der Waals surface area contributed by atoms with E-state index in [1.54, 1.807) is 39.5 Å². The van der Waals surface area contributed by atoms with Crippen LogP contribution in [-0.2, 0) is 11.2 Å². The highest BCUT2D eigenvalue weighted by Crippen LogP contribution is 2.37. The van der Waals surface area contributed by atoms with Crippen molar-refractivity contribution in [1.29, 1.82) is 0 Å². The van der Waals surface area contributed by atoms with Gasteiger partial charge in [0.15, 0.2) is 0 Å². The second-order valence-electron chi connectivity index (χ2n) is 7.01. The molecule has 0 saturated carbocycles. The molecule has 1 heterocycles. The van der Waals surface area contributed by atoms with E-state index in [4.69, 9.17) is 23.2 Å². The maximum Gasteiger partial charge on any atom is 0.324 e. The van der Waals surface area contributed by atoms with Gasteiger partial charge in [0.2, 0.25) is 0 Å². The lowest BCUT2D eigenvalue weighted by molar-refractivity contribution is -0.135. The van der Waals surface area contributed by atoms with Gasteiger partial charge in [-0.3, -0.25) is 9.59 Å². The maximum absolute atomic E-state index is 12.9. The predicted molar refractivity (Wildman–Crippen MR) is 126 cm³/mol. The van der Waals surface area contributed by atoms with E-state index in [9.17, 15) is 14.7 Å². The van der Waals surface area contributed by atoms with Crippen molar-refractivity contribution in [1.82, 2.24) is 0 Å². The summed E-state index contributed by atoms with van der Waals surface area (Å²) in [4.78, 5) is 26.9. The van der Waals surface area contributed by atoms with E-state index in [1.165, 1.54) is 11.9 Å². The van der Waals surface area contributed by atoms with Gasteiger partial charge in [-0.2, -0.15) is 0 Å². The van der Waals surface area contributed by atoms with E-state index >= 15 is 0 Å². The zero-order valence-corrected chi connectivity index (χ0v) is 18.6. The molecular formula is C23H18Cl2N2O3S. The van der Waals surface area contributed by atoms with E-state index in [0.29, 0.717) is 28.6 Å². The molecule has 0 saturated heterocycles. The van der Waals surface area contributed by atoms with Crippen molar-refractivity contribution in [3.05, 3.63) is 87.9 Å². The molecule has 1 aliphatic rings. The lowest BCUT2D eigenvalue weighted by atomic mass is 10.1. The number of hydrogen-bond acceptors (Lipinski definition) is 4. The highest BCUT2D eigenvalue weighted by atomic mass is 35.5. The minimum Gasteiger partial charge on any atom is -0.480 e. The summed E-state index contributed by atoms with van der Waals surface area (Å²) in [6.07, 6.45) is 0.705. The number of halogens is 2. The summed E-state index contributed by atoms with van der Waals surface area (Å²) < 4.78 is 1.67. The molecule has 158 valence electrons. The molecule has 31 heavy (non-hydrogen) atoms. The maximum atomic E-state index is 12.9. The van der Waals surface area contributed by atoms with Crippen molar-refractivity contribution in [2.45, 2.75) is 11.3 Å². The molecule has 0 atom stereocenters. The smallest absolute Gasteiger partial charge is 0.324 e. The fourth-order valence-corrected chi connectivity index (χ4v) is 5.16. The third-order valence-electron chi connectivity index (χ3n) is 4.84. The van der Waals surface area contributed by atoms with Crippen LogP contribution in [0.1, 0.15) is 15.9 Å². The van der Waals surface area contributed by atoms with Crippen LogP contribution in [0.5, 0.6) is 0 Å². The molecule has 8 heteroatoms. The number of benzene rings is 3. The highest BCUT2D eigenvalue weighted by molar-refractivity contribution is 8.00. The molecule has 0 bridgehead atoms. The van der Waals surface area contributed by atoms with Gasteiger partial charge in [-0.1, -0.05) is 41.4 Å². The van der Waals surface area contributed by atoms with E-state index in [2.05, 4.69) is 0 Å². The fourth-order valence-electron chi connectivity index (χ4n) is 3.50. The van der Waals surface area contributed by atoms with Crippen LogP contribution in [-0.4, -0.2) is 30.1 Å². The average molecular weight is 473 g/mol. The Bertz CT molecular complexity index is 1120. The minimum absolute atomic E-state index is 0.0440.